The Kier molecular flexibility index (Phi) is 62.4. The summed E-state index contributed by atoms with van der Waals surface area (Å²) in [6.07, 6.45) is 48.4. The Labute approximate surface area is 562 Å². The number of aliphatic hydroxyl groups excluding tert-OH is 1. The lowest BCUT2D eigenvalue weighted by molar-refractivity contribution is -0.161. The third kappa shape index (κ3) is 64.1. The van der Waals surface area contributed by atoms with Gasteiger partial charge in [-0.15, -0.1) is 0 Å². The number of phosphoric acid groups is 2. The number of carbonyl (C=O) groups is 4. The van der Waals surface area contributed by atoms with E-state index in [1.54, 1.807) is 0 Å². The first-order valence-corrected chi connectivity index (χ1v) is 40.9. The summed E-state index contributed by atoms with van der Waals surface area (Å²) in [5.41, 5.74) is 0. The molecule has 0 rings (SSSR count). The second kappa shape index (κ2) is 63.8. The van der Waals surface area contributed by atoms with Crippen molar-refractivity contribution in [2.75, 3.05) is 39.6 Å². The monoisotopic (exact) mass is 1350 g/mol. The van der Waals surface area contributed by atoms with Gasteiger partial charge in [0.1, 0.15) is 19.3 Å². The summed E-state index contributed by atoms with van der Waals surface area (Å²) in [4.78, 5) is 72.7. The number of aliphatic hydroxyl groups is 1. The maximum absolute atomic E-state index is 13.1. The molecule has 0 fully saturated rings. The van der Waals surface area contributed by atoms with Crippen LogP contribution in [-0.2, 0) is 65.4 Å². The van der Waals surface area contributed by atoms with Crippen LogP contribution in [0, 0.1) is 17.8 Å². The fourth-order valence-electron chi connectivity index (χ4n) is 11.0. The smallest absolute Gasteiger partial charge is 0.462 e. The Morgan fingerprint density at radius 1 is 0.315 bits per heavy atom. The van der Waals surface area contributed by atoms with Gasteiger partial charge in [-0.3, -0.25) is 37.3 Å². The Bertz CT molecular complexity index is 1810. The number of unbranched alkanes of at least 4 members (excludes halogenated alkanes) is 37. The molecule has 0 radical (unpaired) electrons. The van der Waals surface area contributed by atoms with E-state index in [1.807, 2.05) is 0 Å². The molecule has 0 aliphatic carbocycles. The quantitative estimate of drug-likeness (QED) is 0.0222. The van der Waals surface area contributed by atoms with Crippen LogP contribution < -0.4 is 0 Å². The third-order valence-electron chi connectivity index (χ3n) is 17.6. The third-order valence-corrected chi connectivity index (χ3v) is 19.5. The normalized spacial score (nSPS) is 14.7. The van der Waals surface area contributed by atoms with Crippen molar-refractivity contribution in [1.82, 2.24) is 0 Å². The van der Waals surface area contributed by atoms with E-state index < -0.39 is 97.5 Å². The van der Waals surface area contributed by atoms with E-state index in [0.29, 0.717) is 25.7 Å². The van der Waals surface area contributed by atoms with Gasteiger partial charge in [0.2, 0.25) is 0 Å². The largest absolute Gasteiger partial charge is 0.472 e. The summed E-state index contributed by atoms with van der Waals surface area (Å²) >= 11 is 0. The van der Waals surface area contributed by atoms with Crippen LogP contribution in [-0.4, -0.2) is 96.7 Å². The molecule has 0 aromatic heterocycles. The average molecular weight is 1350 g/mol. The van der Waals surface area contributed by atoms with Crippen LogP contribution in [0.25, 0.3) is 0 Å². The van der Waals surface area contributed by atoms with Crippen molar-refractivity contribution in [3.63, 3.8) is 0 Å². The van der Waals surface area contributed by atoms with Crippen LogP contribution >= 0.6 is 15.6 Å². The lowest BCUT2D eigenvalue weighted by Gasteiger charge is -2.21. The molecular formula is C73H142O17P2. The molecule has 0 aromatic rings. The number of ether oxygens (including phenoxy) is 4. The second-order valence-electron chi connectivity index (χ2n) is 27.3. The highest BCUT2D eigenvalue weighted by molar-refractivity contribution is 7.47. The van der Waals surface area contributed by atoms with Crippen LogP contribution in [0.1, 0.15) is 370 Å². The molecule has 0 spiro atoms. The highest BCUT2D eigenvalue weighted by Crippen LogP contribution is 2.45. The van der Waals surface area contributed by atoms with Gasteiger partial charge in [-0.25, -0.2) is 9.13 Å². The number of esters is 4. The van der Waals surface area contributed by atoms with Crippen LogP contribution in [0.3, 0.4) is 0 Å². The molecule has 0 aromatic carbocycles. The topological polar surface area (TPSA) is 237 Å². The summed E-state index contributed by atoms with van der Waals surface area (Å²) in [6.45, 7) is 11.9. The van der Waals surface area contributed by atoms with Gasteiger partial charge in [-0.05, 0) is 43.4 Å². The minimum absolute atomic E-state index is 0.104. The molecular weight excluding hydrogens is 1210 g/mol. The SMILES string of the molecule is CCCCCCCCCCCCCCCCCCC(=O)O[C@H](COC(=O)CCCCCCCCCCCC(C)C)COP(=O)(O)OC[C@@H](O)COP(=O)(O)OC[C@@H](COC(=O)CCCCCCCCCCC(C)CC)OC(=O)CCCCCCCCCCC(C)CC. The summed E-state index contributed by atoms with van der Waals surface area (Å²) in [7, 11) is -9.91. The molecule has 0 saturated heterocycles. The first-order valence-electron chi connectivity index (χ1n) is 37.9. The van der Waals surface area contributed by atoms with Gasteiger partial charge in [0.15, 0.2) is 12.2 Å². The molecule has 17 nitrogen and oxygen atoms in total. The fraction of sp³-hybridized carbons (Fsp3) is 0.945. The molecule has 0 saturated carbocycles. The lowest BCUT2D eigenvalue weighted by atomic mass is 9.99. The molecule has 4 unspecified atom stereocenters. The molecule has 0 aliphatic heterocycles. The molecule has 546 valence electrons. The second-order valence-corrected chi connectivity index (χ2v) is 30.2. The van der Waals surface area contributed by atoms with E-state index in [4.69, 9.17) is 37.0 Å². The van der Waals surface area contributed by atoms with Crippen molar-refractivity contribution in [3.05, 3.63) is 0 Å². The molecule has 92 heavy (non-hydrogen) atoms. The summed E-state index contributed by atoms with van der Waals surface area (Å²) in [6, 6.07) is 0. The van der Waals surface area contributed by atoms with E-state index in [9.17, 15) is 43.2 Å². The number of hydrogen-bond acceptors (Lipinski definition) is 15. The lowest BCUT2D eigenvalue weighted by Crippen LogP contribution is -2.30. The van der Waals surface area contributed by atoms with E-state index in [-0.39, 0.29) is 25.7 Å². The van der Waals surface area contributed by atoms with Gasteiger partial charge in [-0.2, -0.15) is 0 Å². The number of hydrogen-bond donors (Lipinski definition) is 3. The van der Waals surface area contributed by atoms with E-state index >= 15 is 0 Å². The van der Waals surface area contributed by atoms with Gasteiger partial charge >= 0.3 is 39.5 Å². The molecule has 7 atom stereocenters. The molecule has 0 amide bonds. The minimum Gasteiger partial charge on any atom is -0.462 e. The number of carbonyl (C=O) groups excluding carboxylic acids is 4. The Balaban J connectivity index is 5.27. The zero-order valence-corrected chi connectivity index (χ0v) is 61.8. The van der Waals surface area contributed by atoms with Gasteiger partial charge in [0.05, 0.1) is 26.4 Å². The Morgan fingerprint density at radius 3 is 0.826 bits per heavy atom. The zero-order chi connectivity index (χ0) is 68.0. The Morgan fingerprint density at radius 2 is 0.554 bits per heavy atom. The maximum Gasteiger partial charge on any atom is 0.472 e. The molecule has 0 bridgehead atoms. The first kappa shape index (κ1) is 90.1. The van der Waals surface area contributed by atoms with Gasteiger partial charge < -0.3 is 33.8 Å². The van der Waals surface area contributed by atoms with Crippen molar-refractivity contribution in [2.45, 2.75) is 388 Å². The van der Waals surface area contributed by atoms with Crippen LogP contribution in [0.2, 0.25) is 0 Å². The Hall–Kier alpha value is -1.94. The molecule has 3 N–H and O–H groups in total. The fourth-order valence-corrected chi connectivity index (χ4v) is 12.6. The predicted octanol–water partition coefficient (Wildman–Crippen LogP) is 21.0. The van der Waals surface area contributed by atoms with Crippen molar-refractivity contribution in [1.29, 1.82) is 0 Å². The molecule has 19 heteroatoms. The summed E-state index contributed by atoms with van der Waals surface area (Å²) in [5.74, 6) is 0.168. The van der Waals surface area contributed by atoms with E-state index in [2.05, 4.69) is 48.5 Å². The minimum atomic E-state index is -4.95. The average Bonchev–Trinajstić information content (AvgIpc) is 3.45. The van der Waals surface area contributed by atoms with Crippen molar-refractivity contribution in [3.8, 4) is 0 Å². The van der Waals surface area contributed by atoms with E-state index in [1.165, 1.54) is 180 Å². The molecule has 0 aliphatic rings. The van der Waals surface area contributed by atoms with Crippen molar-refractivity contribution in [2.24, 2.45) is 17.8 Å². The summed E-state index contributed by atoms with van der Waals surface area (Å²) in [5, 5.41) is 10.6. The van der Waals surface area contributed by atoms with Gasteiger partial charge in [-0.1, -0.05) is 318 Å². The first-order chi connectivity index (χ1) is 44.3. The highest BCUT2D eigenvalue weighted by atomic mass is 31.2. The van der Waals surface area contributed by atoms with Crippen molar-refractivity contribution < 1.29 is 80.2 Å². The van der Waals surface area contributed by atoms with Crippen molar-refractivity contribution >= 4 is 39.5 Å². The van der Waals surface area contributed by atoms with Crippen LogP contribution in [0.4, 0.5) is 0 Å². The van der Waals surface area contributed by atoms with Gasteiger partial charge in [0.25, 0.3) is 0 Å². The standard InChI is InChI=1S/C73H142O17P2/c1-8-11-12-13-14-15-16-17-18-19-20-21-24-35-42-49-56-72(77)89-68(60-83-70(75)54-47-40-33-25-22-23-30-37-44-51-64(4)5)62-87-91(79,80)85-58-67(74)59-86-92(81,82)88-63-69(90-73(78)57-50-43-36-29-27-32-39-46-53-66(7)10-3)61-84-71(76)55-48-41-34-28-26-31-38-45-52-65(6)9-2/h64-69,74H,8-63H2,1-7H3,(H,79,80)(H,81,82)/t65?,66?,67-,68-,69-/m1/s1. The van der Waals surface area contributed by atoms with E-state index in [0.717, 1.165) is 108 Å². The summed E-state index contributed by atoms with van der Waals surface area (Å²) < 4.78 is 68.4. The maximum atomic E-state index is 13.1. The highest BCUT2D eigenvalue weighted by Gasteiger charge is 2.30. The zero-order valence-electron chi connectivity index (χ0n) is 60.0. The number of rotatable bonds is 71. The molecule has 0 heterocycles. The van der Waals surface area contributed by atoms with Gasteiger partial charge in [0, 0.05) is 25.7 Å². The predicted molar refractivity (Wildman–Crippen MR) is 372 cm³/mol. The van der Waals surface area contributed by atoms with Crippen LogP contribution in [0.5, 0.6) is 0 Å². The number of phosphoric ester groups is 2. The van der Waals surface area contributed by atoms with Crippen LogP contribution in [0.15, 0.2) is 0 Å².